The number of carbonyl (C=O) groups excluding carboxylic acids is 1. The number of rotatable bonds is 11. The van der Waals surface area contributed by atoms with Gasteiger partial charge in [-0.3, -0.25) is 9.48 Å². The quantitative estimate of drug-likeness (QED) is 0.286. The van der Waals surface area contributed by atoms with E-state index in [0.29, 0.717) is 22.9 Å². The Bertz CT molecular complexity index is 1450. The number of aromatic nitrogens is 4. The second-order valence-electron chi connectivity index (χ2n) is 9.04. The van der Waals surface area contributed by atoms with E-state index in [4.69, 9.17) is 4.74 Å². The fraction of sp³-hybridized carbons (Fsp3) is 0.286. The Hall–Kier alpha value is -4.44. The lowest BCUT2D eigenvalue weighted by atomic mass is 10.1. The van der Waals surface area contributed by atoms with Gasteiger partial charge in [-0.1, -0.05) is 19.6 Å². The summed E-state index contributed by atoms with van der Waals surface area (Å²) >= 11 is 0. The highest BCUT2D eigenvalue weighted by atomic mass is 16.5. The number of fused-ring (bicyclic) bond motifs is 1. The van der Waals surface area contributed by atoms with Crippen LogP contribution < -0.4 is 20.3 Å². The van der Waals surface area contributed by atoms with E-state index >= 15 is 0 Å². The van der Waals surface area contributed by atoms with Crippen molar-refractivity contribution in [3.05, 3.63) is 61.6 Å². The third-order valence-corrected chi connectivity index (χ3v) is 6.50. The van der Waals surface area contributed by atoms with E-state index in [0.717, 1.165) is 47.5 Å². The molecule has 0 radical (unpaired) electrons. The van der Waals surface area contributed by atoms with Crippen LogP contribution in [0, 0.1) is 0 Å². The minimum atomic E-state index is -0.295. The topological polar surface area (TPSA) is 100 Å². The monoisotopic (exact) mass is 514 g/mol. The van der Waals surface area contributed by atoms with E-state index in [-0.39, 0.29) is 5.91 Å². The van der Waals surface area contributed by atoms with Crippen molar-refractivity contribution < 1.29 is 9.53 Å². The number of hydrogen-bond acceptors (Lipinski definition) is 8. The van der Waals surface area contributed by atoms with Gasteiger partial charge in [-0.2, -0.15) is 5.10 Å². The molecule has 2 heterocycles. The number of aryl methyl sites for hydroxylation is 1. The minimum absolute atomic E-state index is 0.295. The molecule has 0 aliphatic carbocycles. The minimum Gasteiger partial charge on any atom is -0.494 e. The van der Waals surface area contributed by atoms with E-state index < -0.39 is 0 Å². The Morgan fingerprint density at radius 2 is 1.95 bits per heavy atom. The second-order valence-corrected chi connectivity index (χ2v) is 9.04. The van der Waals surface area contributed by atoms with E-state index in [1.807, 2.05) is 55.3 Å². The van der Waals surface area contributed by atoms with Crippen LogP contribution in [0.1, 0.15) is 6.92 Å². The first-order valence-corrected chi connectivity index (χ1v) is 12.4. The molecule has 10 nitrogen and oxygen atoms in total. The summed E-state index contributed by atoms with van der Waals surface area (Å²) in [7, 11) is 7.60. The maximum Gasteiger partial charge on any atom is 0.247 e. The highest BCUT2D eigenvalue weighted by molar-refractivity contribution is 6.02. The zero-order valence-electron chi connectivity index (χ0n) is 22.5. The molecule has 4 rings (SSSR count). The second kappa shape index (κ2) is 11.7. The first-order chi connectivity index (χ1) is 18.3. The largest absolute Gasteiger partial charge is 0.494 e. The molecule has 0 bridgehead atoms. The van der Waals surface area contributed by atoms with E-state index in [9.17, 15) is 4.79 Å². The average molecular weight is 515 g/mol. The molecule has 1 amide bonds. The number of amides is 1. The van der Waals surface area contributed by atoms with Crippen molar-refractivity contribution >= 4 is 39.7 Å². The number of anilines is 4. The SMILES string of the molecule is C=CC(=O)Nc1cc(Nc2cc(-c3ccc4c(cnn4C)c3)ncn2)c(OC)cc1N(C)CCN(C)CC. The molecule has 0 saturated carbocycles. The van der Waals surface area contributed by atoms with Gasteiger partial charge in [0, 0.05) is 50.3 Å². The third-order valence-electron chi connectivity index (χ3n) is 6.50. The number of nitrogens with zero attached hydrogens (tertiary/aromatic N) is 6. The number of methoxy groups -OCH3 is 1. The highest BCUT2D eigenvalue weighted by Gasteiger charge is 2.17. The van der Waals surface area contributed by atoms with Crippen LogP contribution in [0.4, 0.5) is 22.9 Å². The van der Waals surface area contributed by atoms with E-state index in [1.165, 1.54) is 12.4 Å². The highest BCUT2D eigenvalue weighted by Crippen LogP contribution is 2.38. The van der Waals surface area contributed by atoms with Crippen molar-refractivity contribution in [3.8, 4) is 17.0 Å². The van der Waals surface area contributed by atoms with E-state index in [1.54, 1.807) is 7.11 Å². The van der Waals surface area contributed by atoms with E-state index in [2.05, 4.69) is 62.1 Å². The third kappa shape index (κ3) is 5.92. The molecule has 0 aliphatic heterocycles. The number of likely N-dealkylation sites (N-methyl/N-ethyl adjacent to an activating group) is 2. The van der Waals surface area contributed by atoms with Gasteiger partial charge in [0.2, 0.25) is 5.91 Å². The molecule has 2 N–H and O–H groups in total. The van der Waals surface area contributed by atoms with Crippen molar-refractivity contribution in [2.45, 2.75) is 6.92 Å². The molecule has 0 aliphatic rings. The first-order valence-electron chi connectivity index (χ1n) is 12.4. The Labute approximate surface area is 222 Å². The molecule has 0 atom stereocenters. The van der Waals surface area contributed by atoms with Gasteiger partial charge in [-0.05, 0) is 37.9 Å². The molecule has 0 fully saturated rings. The fourth-order valence-corrected chi connectivity index (χ4v) is 4.08. The summed E-state index contributed by atoms with van der Waals surface area (Å²) in [6.07, 6.45) is 4.61. The Morgan fingerprint density at radius 3 is 2.68 bits per heavy atom. The predicted octanol–water partition coefficient (Wildman–Crippen LogP) is 4.29. The molecule has 4 aromatic rings. The Morgan fingerprint density at radius 1 is 1.13 bits per heavy atom. The number of nitrogens with one attached hydrogen (secondary N) is 2. The van der Waals surface area contributed by atoms with Gasteiger partial charge in [-0.15, -0.1) is 0 Å². The summed E-state index contributed by atoms with van der Waals surface area (Å²) < 4.78 is 7.56. The van der Waals surface area contributed by atoms with Gasteiger partial charge in [-0.25, -0.2) is 9.97 Å². The van der Waals surface area contributed by atoms with Crippen molar-refractivity contribution in [2.24, 2.45) is 7.05 Å². The lowest BCUT2D eigenvalue weighted by Crippen LogP contribution is -2.31. The van der Waals surface area contributed by atoms with Crippen LogP contribution in [-0.4, -0.2) is 71.4 Å². The summed E-state index contributed by atoms with van der Waals surface area (Å²) in [5.74, 6) is 0.909. The molecule has 38 heavy (non-hydrogen) atoms. The van der Waals surface area contributed by atoms with Gasteiger partial charge in [0.15, 0.2) is 0 Å². The maximum absolute atomic E-state index is 12.3. The normalized spacial score (nSPS) is 11.0. The van der Waals surface area contributed by atoms with Gasteiger partial charge in [0.05, 0.1) is 41.6 Å². The zero-order chi connectivity index (χ0) is 27.2. The summed E-state index contributed by atoms with van der Waals surface area (Å²) in [4.78, 5) is 25.5. The average Bonchev–Trinajstić information content (AvgIpc) is 3.31. The van der Waals surface area contributed by atoms with Crippen LogP contribution in [0.25, 0.3) is 22.2 Å². The van der Waals surface area contributed by atoms with Crippen molar-refractivity contribution in [1.82, 2.24) is 24.6 Å². The van der Waals surface area contributed by atoms with Crippen molar-refractivity contribution in [1.29, 1.82) is 0 Å². The van der Waals surface area contributed by atoms with Gasteiger partial charge in [0.25, 0.3) is 0 Å². The number of ether oxygens (including phenoxy) is 1. The standard InChI is InChI=1S/C28H34N8O2/c1-7-28(37)33-22-14-23(26(38-6)16-25(22)35(4)12-11-34(3)8-2)32-27-15-21(29-18-30-27)19-9-10-24-20(13-19)17-31-36(24)5/h7,9-10,13-18H,1,8,11-12H2,2-6H3,(H,33,37)(H,29,30,32). The summed E-state index contributed by atoms with van der Waals surface area (Å²) in [5.41, 5.74) is 4.89. The number of carbonyl (C=O) groups is 1. The molecule has 0 saturated heterocycles. The van der Waals surface area contributed by atoms with Crippen LogP contribution in [0.2, 0.25) is 0 Å². The number of benzene rings is 2. The lowest BCUT2D eigenvalue weighted by Gasteiger charge is -2.26. The number of hydrogen-bond donors (Lipinski definition) is 2. The molecular weight excluding hydrogens is 480 g/mol. The van der Waals surface area contributed by atoms with Gasteiger partial charge < -0.3 is 25.2 Å². The molecule has 2 aromatic carbocycles. The van der Waals surface area contributed by atoms with Crippen LogP contribution in [-0.2, 0) is 11.8 Å². The summed E-state index contributed by atoms with van der Waals surface area (Å²) in [6, 6.07) is 11.7. The first kappa shape index (κ1) is 26.6. The van der Waals surface area contributed by atoms with Gasteiger partial charge >= 0.3 is 0 Å². The molecule has 0 unspecified atom stereocenters. The molecule has 2 aromatic heterocycles. The Kier molecular flexibility index (Phi) is 8.22. The van der Waals surface area contributed by atoms with Crippen molar-refractivity contribution in [2.75, 3.05) is 56.4 Å². The molecule has 10 heteroatoms. The van der Waals surface area contributed by atoms with Gasteiger partial charge in [0.1, 0.15) is 17.9 Å². The van der Waals surface area contributed by atoms with Crippen LogP contribution in [0.15, 0.2) is 61.6 Å². The summed E-state index contributed by atoms with van der Waals surface area (Å²) in [6.45, 7) is 8.31. The molecule has 0 spiro atoms. The lowest BCUT2D eigenvalue weighted by molar-refractivity contribution is -0.111. The van der Waals surface area contributed by atoms with Crippen molar-refractivity contribution in [3.63, 3.8) is 0 Å². The maximum atomic E-state index is 12.3. The zero-order valence-corrected chi connectivity index (χ0v) is 22.5. The van der Waals surface area contributed by atoms with Crippen LogP contribution in [0.5, 0.6) is 5.75 Å². The Balaban J connectivity index is 1.66. The van der Waals surface area contributed by atoms with Crippen LogP contribution in [0.3, 0.4) is 0 Å². The predicted molar refractivity (Wildman–Crippen MR) is 153 cm³/mol. The van der Waals surface area contributed by atoms with Crippen LogP contribution >= 0.6 is 0 Å². The molecule has 198 valence electrons. The fourth-order valence-electron chi connectivity index (χ4n) is 4.08. The molecular formula is C28H34N8O2. The summed E-state index contributed by atoms with van der Waals surface area (Å²) in [5, 5.41) is 11.6. The smallest absolute Gasteiger partial charge is 0.247 e.